The molecule has 2 atom stereocenters. The van der Waals surface area contributed by atoms with Gasteiger partial charge in [-0.25, -0.2) is 0 Å². The first-order valence-electron chi connectivity index (χ1n) is 9.70. The summed E-state index contributed by atoms with van der Waals surface area (Å²) in [7, 11) is 0. The number of nitrogens with one attached hydrogen (secondary N) is 1. The largest absolute Gasteiger partial charge is 0.379 e. The number of halogens is 1. The van der Waals surface area contributed by atoms with Gasteiger partial charge in [0.2, 0.25) is 11.8 Å². The van der Waals surface area contributed by atoms with Crippen molar-refractivity contribution in [2.75, 3.05) is 24.0 Å². The van der Waals surface area contributed by atoms with Crippen molar-refractivity contribution in [1.82, 2.24) is 20.4 Å². The molecule has 0 unspecified atom stereocenters. The Morgan fingerprint density at radius 1 is 1.19 bits per heavy atom. The number of amides is 2. The van der Waals surface area contributed by atoms with Crippen LogP contribution in [0.25, 0.3) is 11.3 Å². The molecule has 0 saturated carbocycles. The molecule has 2 amide bonds. The molecule has 4 rings (SSSR count). The third-order valence-corrected chi connectivity index (χ3v) is 5.13. The molecule has 1 aliphatic rings. The zero-order chi connectivity index (χ0) is 21.6. The number of benzene rings is 1. The summed E-state index contributed by atoms with van der Waals surface area (Å²) < 4.78 is 10.5. The highest BCUT2D eigenvalue weighted by Gasteiger charge is 2.35. The second-order valence-corrected chi connectivity index (χ2v) is 7.19. The van der Waals surface area contributed by atoms with Crippen LogP contribution in [-0.4, -0.2) is 52.1 Å². The van der Waals surface area contributed by atoms with Crippen LogP contribution in [0.2, 0.25) is 0 Å². The third kappa shape index (κ3) is 4.73. The van der Waals surface area contributed by atoms with Crippen LogP contribution in [-0.2, 0) is 14.3 Å². The maximum Gasteiger partial charge on any atom is 0.249 e. The minimum absolute atomic E-state index is 0.131. The molecule has 0 spiro atoms. The number of ether oxygens (including phenoxy) is 1. The van der Waals surface area contributed by atoms with Crippen molar-refractivity contribution in [3.63, 3.8) is 0 Å². The summed E-state index contributed by atoms with van der Waals surface area (Å²) in [5.41, 5.74) is 1.60. The monoisotopic (exact) mass is 441 g/mol. The number of alkyl halides is 1. The van der Waals surface area contributed by atoms with E-state index in [0.29, 0.717) is 36.8 Å². The number of aromatic nitrogens is 3. The molecular formula is C21H20ClN5O4. The fourth-order valence-electron chi connectivity index (χ4n) is 3.42. The molecule has 1 N–H and O–H groups in total. The van der Waals surface area contributed by atoms with E-state index in [9.17, 15) is 9.59 Å². The van der Waals surface area contributed by atoms with Crippen molar-refractivity contribution < 1.29 is 18.8 Å². The highest BCUT2D eigenvalue weighted by Crippen LogP contribution is 2.30. The first kappa shape index (κ1) is 21.0. The molecule has 10 heteroatoms. The van der Waals surface area contributed by atoms with Gasteiger partial charge in [0, 0.05) is 36.3 Å². The van der Waals surface area contributed by atoms with Gasteiger partial charge in [-0.05, 0) is 30.7 Å². The molecule has 160 valence electrons. The Bertz CT molecular complexity index is 1010. The van der Waals surface area contributed by atoms with E-state index in [1.165, 1.54) is 23.5 Å². The predicted molar refractivity (Wildman–Crippen MR) is 112 cm³/mol. The molecule has 1 fully saturated rings. The second-order valence-electron chi connectivity index (χ2n) is 6.92. The van der Waals surface area contributed by atoms with E-state index in [-0.39, 0.29) is 17.8 Å². The SMILES string of the molecule is O=C(N[C@H]1CCOC1)[C@H](c1cnccn1)N(C(=O)CCl)c1ccc(-c2ccno2)cc1. The summed E-state index contributed by atoms with van der Waals surface area (Å²) in [6.45, 7) is 1.00. The Balaban J connectivity index is 1.70. The number of carbonyl (C=O) groups is 2. The quantitative estimate of drug-likeness (QED) is 0.560. The first-order valence-corrected chi connectivity index (χ1v) is 10.2. The van der Waals surface area contributed by atoms with Gasteiger partial charge in [-0.2, -0.15) is 0 Å². The van der Waals surface area contributed by atoms with Crippen molar-refractivity contribution in [3.05, 3.63) is 60.8 Å². The van der Waals surface area contributed by atoms with Crippen molar-refractivity contribution >= 4 is 29.1 Å². The summed E-state index contributed by atoms with van der Waals surface area (Å²) in [4.78, 5) is 35.9. The van der Waals surface area contributed by atoms with Crippen molar-refractivity contribution in [1.29, 1.82) is 0 Å². The van der Waals surface area contributed by atoms with E-state index in [1.54, 1.807) is 36.5 Å². The maximum atomic E-state index is 13.3. The number of rotatable bonds is 7. The van der Waals surface area contributed by atoms with Crippen LogP contribution in [0.3, 0.4) is 0 Å². The van der Waals surface area contributed by atoms with Gasteiger partial charge in [-0.3, -0.25) is 24.5 Å². The zero-order valence-corrected chi connectivity index (χ0v) is 17.2. The van der Waals surface area contributed by atoms with Crippen LogP contribution in [0.5, 0.6) is 0 Å². The molecule has 2 aromatic heterocycles. The third-order valence-electron chi connectivity index (χ3n) is 4.90. The molecule has 31 heavy (non-hydrogen) atoms. The number of hydrogen-bond acceptors (Lipinski definition) is 7. The molecule has 3 heterocycles. The lowest BCUT2D eigenvalue weighted by molar-refractivity contribution is -0.126. The lowest BCUT2D eigenvalue weighted by atomic mass is 10.1. The van der Waals surface area contributed by atoms with Crippen molar-refractivity contribution in [3.8, 4) is 11.3 Å². The summed E-state index contributed by atoms with van der Waals surface area (Å²) in [6.07, 6.45) is 6.70. The summed E-state index contributed by atoms with van der Waals surface area (Å²) in [5, 5.41) is 6.65. The Morgan fingerprint density at radius 3 is 2.65 bits per heavy atom. The Labute approximate surface area is 183 Å². The zero-order valence-electron chi connectivity index (χ0n) is 16.5. The summed E-state index contributed by atoms with van der Waals surface area (Å²) in [5.74, 6) is -0.539. The summed E-state index contributed by atoms with van der Waals surface area (Å²) >= 11 is 5.91. The second kappa shape index (κ2) is 9.67. The Hall–Kier alpha value is -3.30. The lowest BCUT2D eigenvalue weighted by Gasteiger charge is -2.31. The van der Waals surface area contributed by atoms with Gasteiger partial charge in [0.15, 0.2) is 11.8 Å². The van der Waals surface area contributed by atoms with Crippen LogP contribution in [0.4, 0.5) is 5.69 Å². The Morgan fingerprint density at radius 2 is 2.03 bits per heavy atom. The predicted octanol–water partition coefficient (Wildman–Crippen LogP) is 2.35. The minimum Gasteiger partial charge on any atom is -0.379 e. The van der Waals surface area contributed by atoms with E-state index in [0.717, 1.165) is 5.56 Å². The van der Waals surface area contributed by atoms with E-state index in [2.05, 4.69) is 20.4 Å². The normalized spacial score (nSPS) is 16.6. The molecule has 0 aliphatic carbocycles. The topological polar surface area (TPSA) is 110 Å². The van der Waals surface area contributed by atoms with Crippen molar-refractivity contribution in [2.24, 2.45) is 0 Å². The molecule has 3 aromatic rings. The van der Waals surface area contributed by atoms with Crippen LogP contribution in [0.15, 0.2) is 59.6 Å². The average Bonchev–Trinajstić information content (AvgIpc) is 3.52. The molecule has 1 aliphatic heterocycles. The van der Waals surface area contributed by atoms with E-state index in [1.807, 2.05) is 0 Å². The van der Waals surface area contributed by atoms with Gasteiger partial charge in [-0.1, -0.05) is 5.16 Å². The minimum atomic E-state index is -1.04. The molecule has 1 aromatic carbocycles. The van der Waals surface area contributed by atoms with Crippen LogP contribution in [0, 0.1) is 0 Å². The smallest absolute Gasteiger partial charge is 0.249 e. The number of hydrogen-bond donors (Lipinski definition) is 1. The van der Waals surface area contributed by atoms with Gasteiger partial charge in [-0.15, -0.1) is 11.6 Å². The highest BCUT2D eigenvalue weighted by molar-refractivity contribution is 6.29. The van der Waals surface area contributed by atoms with E-state index in [4.69, 9.17) is 20.9 Å². The van der Waals surface area contributed by atoms with Gasteiger partial charge >= 0.3 is 0 Å². The highest BCUT2D eigenvalue weighted by atomic mass is 35.5. The van der Waals surface area contributed by atoms with Crippen LogP contribution in [0.1, 0.15) is 18.2 Å². The number of carbonyl (C=O) groups excluding carboxylic acids is 2. The standard InChI is InChI=1S/C21H20ClN5O4/c22-11-19(28)27(16-3-1-14(2-4-16)18-5-7-25-31-18)20(17-12-23-8-9-24-17)21(29)26-15-6-10-30-13-15/h1-5,7-9,12,15,20H,6,10-11,13H2,(H,26,29)/t15-,20-/m0/s1. The summed E-state index contributed by atoms with van der Waals surface area (Å²) in [6, 6.07) is 7.55. The molecule has 0 bridgehead atoms. The molecule has 0 radical (unpaired) electrons. The van der Waals surface area contributed by atoms with Gasteiger partial charge in [0.25, 0.3) is 0 Å². The maximum absolute atomic E-state index is 13.3. The Kier molecular flexibility index (Phi) is 6.54. The molecular weight excluding hydrogens is 422 g/mol. The fraction of sp³-hybridized carbons (Fsp3) is 0.286. The molecule has 1 saturated heterocycles. The van der Waals surface area contributed by atoms with Crippen molar-refractivity contribution in [2.45, 2.75) is 18.5 Å². The van der Waals surface area contributed by atoms with Gasteiger partial charge < -0.3 is 14.6 Å². The van der Waals surface area contributed by atoms with Gasteiger partial charge in [0.1, 0.15) is 5.88 Å². The van der Waals surface area contributed by atoms with Crippen LogP contribution >= 0.6 is 11.6 Å². The molecule has 9 nitrogen and oxygen atoms in total. The fourth-order valence-corrected chi connectivity index (χ4v) is 3.55. The number of anilines is 1. The van der Waals surface area contributed by atoms with Gasteiger partial charge in [0.05, 0.1) is 30.7 Å². The van der Waals surface area contributed by atoms with E-state index >= 15 is 0 Å². The number of nitrogens with zero attached hydrogens (tertiary/aromatic N) is 4. The average molecular weight is 442 g/mol. The van der Waals surface area contributed by atoms with E-state index < -0.39 is 11.9 Å². The first-order chi connectivity index (χ1) is 15.2. The lowest BCUT2D eigenvalue weighted by Crippen LogP contribution is -2.47. The van der Waals surface area contributed by atoms with Crippen LogP contribution < -0.4 is 10.2 Å².